The number of carboxylic acids is 1. The second-order valence-corrected chi connectivity index (χ2v) is 4.58. The molecular formula is C15H9NaO6. The van der Waals surface area contributed by atoms with E-state index in [0.29, 0.717) is 0 Å². The number of carbonyl (C=O) groups excluding carboxylic acids is 2. The molecule has 2 aromatic carbocycles. The number of aromatic hydroxyl groups is 2. The molecule has 0 spiro atoms. The third kappa shape index (κ3) is 2.21. The van der Waals surface area contributed by atoms with E-state index < -0.39 is 23.3 Å². The Hall–Kier alpha value is -2.15. The van der Waals surface area contributed by atoms with E-state index in [1.807, 2.05) is 0 Å². The van der Waals surface area contributed by atoms with Crippen LogP contribution in [0.3, 0.4) is 0 Å². The summed E-state index contributed by atoms with van der Waals surface area (Å²) < 4.78 is 0. The predicted octanol–water partition coefficient (Wildman–Crippen LogP) is 0.923. The van der Waals surface area contributed by atoms with Crippen molar-refractivity contribution in [2.45, 2.75) is 0 Å². The van der Waals surface area contributed by atoms with Crippen LogP contribution in [-0.2, 0) is 0 Å². The standard InChI is InChI=1S/C15H8O6.Na.H/c16-9-3-1-2-7-11(9)14(19)12-8(13(7)18)4-6(15(20)21)5-10(12)17;;/h1-5,16-17H,(H,20,21);;. The second kappa shape index (κ2) is 5.57. The number of hydrogen-bond donors (Lipinski definition) is 3. The number of ketones is 2. The molecule has 7 heteroatoms. The quantitative estimate of drug-likeness (QED) is 0.576. The molecule has 0 saturated carbocycles. The van der Waals surface area contributed by atoms with Crippen molar-refractivity contribution >= 4 is 47.1 Å². The zero-order chi connectivity index (χ0) is 15.3. The van der Waals surface area contributed by atoms with Gasteiger partial charge >= 0.3 is 35.5 Å². The van der Waals surface area contributed by atoms with Gasteiger partial charge in [-0.3, -0.25) is 9.59 Å². The summed E-state index contributed by atoms with van der Waals surface area (Å²) in [5.74, 6) is -3.62. The molecule has 0 radical (unpaired) electrons. The fourth-order valence-electron chi connectivity index (χ4n) is 2.41. The van der Waals surface area contributed by atoms with Crippen LogP contribution in [0.4, 0.5) is 0 Å². The summed E-state index contributed by atoms with van der Waals surface area (Å²) in [7, 11) is 0. The van der Waals surface area contributed by atoms with Crippen molar-refractivity contribution in [3.8, 4) is 11.5 Å². The number of phenols is 2. The summed E-state index contributed by atoms with van der Waals surface area (Å²) in [6.45, 7) is 0. The Morgan fingerprint density at radius 2 is 1.50 bits per heavy atom. The number of aromatic carboxylic acids is 1. The molecule has 1 aliphatic rings. The van der Waals surface area contributed by atoms with E-state index in [2.05, 4.69) is 0 Å². The van der Waals surface area contributed by atoms with E-state index in [1.165, 1.54) is 18.2 Å². The minimum atomic E-state index is -1.32. The fraction of sp³-hybridized carbons (Fsp3) is 0. The van der Waals surface area contributed by atoms with Crippen LogP contribution in [0.2, 0.25) is 0 Å². The third-order valence-corrected chi connectivity index (χ3v) is 3.35. The summed E-state index contributed by atoms with van der Waals surface area (Å²) in [6, 6.07) is 5.98. The first-order valence-corrected chi connectivity index (χ1v) is 5.93. The third-order valence-electron chi connectivity index (χ3n) is 3.35. The maximum absolute atomic E-state index is 12.4. The first-order chi connectivity index (χ1) is 9.91. The molecule has 0 atom stereocenters. The van der Waals surface area contributed by atoms with Crippen molar-refractivity contribution < 1.29 is 29.7 Å². The zero-order valence-electron chi connectivity index (χ0n) is 10.5. The molecule has 0 aliphatic heterocycles. The molecule has 22 heavy (non-hydrogen) atoms. The normalized spacial score (nSPS) is 12.2. The number of carboxylic acid groups (broad SMARTS) is 1. The molecule has 0 amide bonds. The van der Waals surface area contributed by atoms with Gasteiger partial charge < -0.3 is 15.3 Å². The van der Waals surface area contributed by atoms with Crippen LogP contribution in [0.25, 0.3) is 0 Å². The first-order valence-electron chi connectivity index (χ1n) is 5.93. The van der Waals surface area contributed by atoms with Crippen molar-refractivity contribution in [1.29, 1.82) is 0 Å². The van der Waals surface area contributed by atoms with E-state index in [1.54, 1.807) is 0 Å². The van der Waals surface area contributed by atoms with Gasteiger partial charge in [0.1, 0.15) is 11.5 Å². The van der Waals surface area contributed by atoms with Crippen LogP contribution in [0.1, 0.15) is 42.2 Å². The van der Waals surface area contributed by atoms with Crippen LogP contribution in [0.5, 0.6) is 11.5 Å². The van der Waals surface area contributed by atoms with Crippen LogP contribution in [-0.4, -0.2) is 62.4 Å². The van der Waals surface area contributed by atoms with Crippen LogP contribution >= 0.6 is 0 Å². The first kappa shape index (κ1) is 16.2. The van der Waals surface area contributed by atoms with E-state index in [9.17, 15) is 24.6 Å². The number of rotatable bonds is 1. The van der Waals surface area contributed by atoms with E-state index >= 15 is 0 Å². The van der Waals surface area contributed by atoms with Crippen molar-refractivity contribution in [3.63, 3.8) is 0 Å². The van der Waals surface area contributed by atoms with Crippen LogP contribution in [0.15, 0.2) is 30.3 Å². The summed E-state index contributed by atoms with van der Waals surface area (Å²) in [5, 5.41) is 28.6. The summed E-state index contributed by atoms with van der Waals surface area (Å²) in [6.07, 6.45) is 0. The number of hydrogen-bond acceptors (Lipinski definition) is 5. The van der Waals surface area contributed by atoms with Gasteiger partial charge in [-0.15, -0.1) is 0 Å². The Balaban J connectivity index is 0.00000176. The predicted molar refractivity (Wildman–Crippen MR) is 77.2 cm³/mol. The number of fused-ring (bicyclic) bond motifs is 2. The molecule has 0 heterocycles. The van der Waals surface area contributed by atoms with Gasteiger partial charge in [0.25, 0.3) is 0 Å². The van der Waals surface area contributed by atoms with Gasteiger partial charge in [-0.2, -0.15) is 0 Å². The van der Waals surface area contributed by atoms with E-state index in [-0.39, 0.29) is 63.1 Å². The van der Waals surface area contributed by atoms with Gasteiger partial charge in [-0.25, -0.2) is 4.79 Å². The molecule has 0 unspecified atom stereocenters. The average molecular weight is 308 g/mol. The Kier molecular flexibility index (Phi) is 4.10. The van der Waals surface area contributed by atoms with Gasteiger partial charge in [0.05, 0.1) is 16.7 Å². The molecule has 3 N–H and O–H groups in total. The van der Waals surface area contributed by atoms with E-state index in [4.69, 9.17) is 5.11 Å². The molecule has 0 fully saturated rings. The van der Waals surface area contributed by atoms with E-state index in [0.717, 1.165) is 12.1 Å². The Labute approximate surface area is 146 Å². The summed E-state index contributed by atoms with van der Waals surface area (Å²) in [4.78, 5) is 35.7. The molecule has 0 bridgehead atoms. The summed E-state index contributed by atoms with van der Waals surface area (Å²) in [5.41, 5.74) is -0.978. The van der Waals surface area contributed by atoms with Crippen molar-refractivity contribution in [2.75, 3.05) is 0 Å². The molecule has 6 nitrogen and oxygen atoms in total. The van der Waals surface area contributed by atoms with Gasteiger partial charge in [0, 0.05) is 11.1 Å². The van der Waals surface area contributed by atoms with Crippen LogP contribution in [0, 0.1) is 0 Å². The Morgan fingerprint density at radius 3 is 2.14 bits per heavy atom. The Morgan fingerprint density at radius 1 is 0.864 bits per heavy atom. The minimum absolute atomic E-state index is 0. The SMILES string of the molecule is O=C(O)c1cc(O)c2c(c1)C(=O)c1cccc(O)c1C2=O.[NaH]. The molecule has 106 valence electrons. The number of carbonyl (C=O) groups is 3. The van der Waals surface area contributed by atoms with Gasteiger partial charge in [0.2, 0.25) is 5.78 Å². The molecule has 2 aromatic rings. The average Bonchev–Trinajstić information content (AvgIpc) is 2.43. The van der Waals surface area contributed by atoms with Crippen LogP contribution < -0.4 is 0 Å². The van der Waals surface area contributed by atoms with Gasteiger partial charge in [-0.05, 0) is 18.2 Å². The van der Waals surface area contributed by atoms with Crippen molar-refractivity contribution in [3.05, 3.63) is 58.1 Å². The number of phenolic OH excluding ortho intramolecular Hbond substituents is 2. The van der Waals surface area contributed by atoms with Crippen molar-refractivity contribution in [2.24, 2.45) is 0 Å². The molecule has 1 aliphatic carbocycles. The van der Waals surface area contributed by atoms with Crippen molar-refractivity contribution in [1.82, 2.24) is 0 Å². The molecule has 0 aromatic heterocycles. The zero-order valence-corrected chi connectivity index (χ0v) is 10.5. The molecule has 0 saturated heterocycles. The molecule has 3 rings (SSSR count). The topological polar surface area (TPSA) is 112 Å². The molecular weight excluding hydrogens is 299 g/mol. The summed E-state index contributed by atoms with van der Waals surface area (Å²) >= 11 is 0. The van der Waals surface area contributed by atoms with Gasteiger partial charge in [0.15, 0.2) is 5.78 Å². The fourth-order valence-corrected chi connectivity index (χ4v) is 2.41. The Bertz CT molecular complexity index is 840. The second-order valence-electron chi connectivity index (χ2n) is 4.58. The van der Waals surface area contributed by atoms with Gasteiger partial charge in [-0.1, -0.05) is 12.1 Å². The number of benzene rings is 2. The monoisotopic (exact) mass is 308 g/mol. The maximum atomic E-state index is 12.4.